The maximum absolute atomic E-state index is 12.5. The summed E-state index contributed by atoms with van der Waals surface area (Å²) in [4.78, 5) is 24.2. The van der Waals surface area contributed by atoms with Crippen molar-refractivity contribution in [3.05, 3.63) is 76.2 Å². The monoisotopic (exact) mass is 471 g/mol. The van der Waals surface area contributed by atoms with Gasteiger partial charge >= 0.3 is 11.6 Å². The fraction of sp³-hybridized carbons (Fsp3) is 0.250. The molecule has 0 radical (unpaired) electrons. The molecule has 0 aliphatic heterocycles. The molecule has 8 nitrogen and oxygen atoms in total. The van der Waals surface area contributed by atoms with E-state index in [0.29, 0.717) is 40.9 Å². The Hall–Kier alpha value is -3.43. The van der Waals surface area contributed by atoms with Crippen LogP contribution in [0.25, 0.3) is 17.0 Å². The van der Waals surface area contributed by atoms with Gasteiger partial charge in [-0.1, -0.05) is 26.0 Å². The number of esters is 1. The van der Waals surface area contributed by atoms with Gasteiger partial charge in [0.15, 0.2) is 0 Å². The molecule has 0 bridgehead atoms. The first-order chi connectivity index (χ1) is 15.8. The highest BCUT2D eigenvalue weighted by molar-refractivity contribution is 7.89. The number of hydrogen-bond donors (Lipinski definition) is 0. The Morgan fingerprint density at radius 3 is 2.39 bits per heavy atom. The molecule has 0 saturated heterocycles. The van der Waals surface area contributed by atoms with Gasteiger partial charge in [0.25, 0.3) is 0 Å². The van der Waals surface area contributed by atoms with Crippen molar-refractivity contribution in [1.82, 2.24) is 4.31 Å². The Morgan fingerprint density at radius 1 is 1.06 bits per heavy atom. The molecule has 3 rings (SSSR count). The lowest BCUT2D eigenvalue weighted by molar-refractivity contribution is -0.138. The zero-order valence-corrected chi connectivity index (χ0v) is 19.4. The predicted octanol–water partition coefficient (Wildman–Crippen LogP) is 3.59. The molecule has 1 heterocycles. The highest BCUT2D eigenvalue weighted by Crippen LogP contribution is 2.23. The number of ether oxygens (including phenoxy) is 2. The normalized spacial score (nSPS) is 11.9. The van der Waals surface area contributed by atoms with E-state index >= 15 is 0 Å². The third kappa shape index (κ3) is 5.68. The second-order valence-electron chi connectivity index (χ2n) is 7.05. The lowest BCUT2D eigenvalue weighted by atomic mass is 10.1. The first kappa shape index (κ1) is 24.2. The van der Waals surface area contributed by atoms with Crippen molar-refractivity contribution in [3.8, 4) is 5.75 Å². The van der Waals surface area contributed by atoms with E-state index in [1.54, 1.807) is 44.2 Å². The number of hydrogen-bond acceptors (Lipinski definition) is 7. The van der Waals surface area contributed by atoms with Gasteiger partial charge in [-0.15, -0.1) is 0 Å². The first-order valence-electron chi connectivity index (χ1n) is 10.3. The topological polar surface area (TPSA) is 103 Å². The van der Waals surface area contributed by atoms with Crippen LogP contribution in [0.3, 0.4) is 0 Å². The molecule has 0 saturated carbocycles. The van der Waals surface area contributed by atoms with E-state index < -0.39 is 21.6 Å². The van der Waals surface area contributed by atoms with Gasteiger partial charge in [0.1, 0.15) is 17.9 Å². The number of fused-ring (bicyclic) bond motifs is 1. The summed E-state index contributed by atoms with van der Waals surface area (Å²) in [7, 11) is -2.03. The fourth-order valence-corrected chi connectivity index (χ4v) is 4.74. The summed E-state index contributed by atoms with van der Waals surface area (Å²) < 4.78 is 42.0. The average molecular weight is 472 g/mol. The van der Waals surface area contributed by atoms with Crippen molar-refractivity contribution in [2.75, 3.05) is 20.2 Å². The van der Waals surface area contributed by atoms with E-state index in [0.717, 1.165) is 0 Å². The molecular formula is C24H25NO7S. The Kier molecular flexibility index (Phi) is 7.67. The van der Waals surface area contributed by atoms with Gasteiger partial charge < -0.3 is 13.9 Å². The van der Waals surface area contributed by atoms with E-state index in [1.165, 1.54) is 41.8 Å². The summed E-state index contributed by atoms with van der Waals surface area (Å²) in [5.41, 5.74) is 0.931. The Morgan fingerprint density at radius 2 is 1.76 bits per heavy atom. The highest BCUT2D eigenvalue weighted by atomic mass is 32.2. The fourth-order valence-electron chi connectivity index (χ4n) is 3.28. The van der Waals surface area contributed by atoms with Gasteiger partial charge in [-0.05, 0) is 35.9 Å². The molecule has 0 spiro atoms. The van der Waals surface area contributed by atoms with Crippen LogP contribution >= 0.6 is 0 Å². The molecule has 33 heavy (non-hydrogen) atoms. The second-order valence-corrected chi connectivity index (χ2v) is 8.99. The smallest absolute Gasteiger partial charge is 0.336 e. The minimum atomic E-state index is -3.54. The number of benzene rings is 2. The number of rotatable bonds is 9. The van der Waals surface area contributed by atoms with Gasteiger partial charge in [-0.2, -0.15) is 4.31 Å². The Bertz CT molecular complexity index is 1320. The average Bonchev–Trinajstić information content (AvgIpc) is 2.81. The molecule has 174 valence electrons. The number of carbonyl (C=O) groups excluding carboxylic acids is 1. The second kappa shape index (κ2) is 10.5. The quantitative estimate of drug-likeness (QED) is 0.267. The third-order valence-electron chi connectivity index (χ3n) is 5.04. The lowest BCUT2D eigenvalue weighted by Gasteiger charge is -2.18. The zero-order valence-electron chi connectivity index (χ0n) is 18.6. The SMILES string of the molecule is CCN(CC)S(=O)(=O)c1ccc(C=CC(=O)OCc2cc(=O)oc3cc(OC)ccc23)cc1. The molecule has 0 atom stereocenters. The number of sulfonamides is 1. The minimum absolute atomic E-state index is 0.112. The van der Waals surface area contributed by atoms with Crippen LogP contribution in [0.2, 0.25) is 0 Å². The van der Waals surface area contributed by atoms with Crippen LogP contribution in [0.5, 0.6) is 5.75 Å². The van der Waals surface area contributed by atoms with E-state index in [-0.39, 0.29) is 11.5 Å². The lowest BCUT2D eigenvalue weighted by Crippen LogP contribution is -2.30. The maximum atomic E-state index is 12.5. The van der Waals surface area contributed by atoms with Crippen molar-refractivity contribution in [1.29, 1.82) is 0 Å². The molecule has 0 amide bonds. The maximum Gasteiger partial charge on any atom is 0.336 e. The van der Waals surface area contributed by atoms with Crippen molar-refractivity contribution in [2.24, 2.45) is 0 Å². The summed E-state index contributed by atoms with van der Waals surface area (Å²) >= 11 is 0. The Labute approximate surface area is 192 Å². The molecule has 0 fully saturated rings. The Balaban J connectivity index is 1.68. The largest absolute Gasteiger partial charge is 0.497 e. The first-order valence-corrected chi connectivity index (χ1v) is 11.8. The number of methoxy groups -OCH3 is 1. The van der Waals surface area contributed by atoms with E-state index in [9.17, 15) is 18.0 Å². The van der Waals surface area contributed by atoms with Crippen LogP contribution in [-0.2, 0) is 26.2 Å². The molecule has 0 aliphatic carbocycles. The van der Waals surface area contributed by atoms with Crippen molar-refractivity contribution >= 4 is 33.0 Å². The van der Waals surface area contributed by atoms with Gasteiger partial charge in [0.2, 0.25) is 10.0 Å². The van der Waals surface area contributed by atoms with Crippen LogP contribution < -0.4 is 10.4 Å². The van der Waals surface area contributed by atoms with Crippen LogP contribution in [0.15, 0.2) is 68.7 Å². The van der Waals surface area contributed by atoms with Crippen LogP contribution in [0.4, 0.5) is 0 Å². The third-order valence-corrected chi connectivity index (χ3v) is 7.11. The zero-order chi connectivity index (χ0) is 24.0. The molecule has 1 aromatic heterocycles. The number of carbonyl (C=O) groups is 1. The summed E-state index contributed by atoms with van der Waals surface area (Å²) in [6, 6.07) is 12.5. The van der Waals surface area contributed by atoms with Crippen LogP contribution in [0, 0.1) is 0 Å². The van der Waals surface area contributed by atoms with Crippen LogP contribution in [0.1, 0.15) is 25.0 Å². The van der Waals surface area contributed by atoms with Gasteiger partial charge in [0.05, 0.1) is 12.0 Å². The highest BCUT2D eigenvalue weighted by Gasteiger charge is 2.21. The summed E-state index contributed by atoms with van der Waals surface area (Å²) in [5.74, 6) is -0.0663. The van der Waals surface area contributed by atoms with Crippen molar-refractivity contribution in [2.45, 2.75) is 25.3 Å². The van der Waals surface area contributed by atoms with E-state index in [1.807, 2.05) is 0 Å². The van der Waals surface area contributed by atoms with Gasteiger partial charge in [-0.3, -0.25) is 0 Å². The number of nitrogens with zero attached hydrogens (tertiary/aromatic N) is 1. The summed E-state index contributed by atoms with van der Waals surface area (Å²) in [5, 5.41) is 0.636. The van der Waals surface area contributed by atoms with E-state index in [2.05, 4.69) is 0 Å². The van der Waals surface area contributed by atoms with Crippen LogP contribution in [-0.4, -0.2) is 38.9 Å². The predicted molar refractivity (Wildman–Crippen MR) is 124 cm³/mol. The molecular weight excluding hydrogens is 446 g/mol. The molecule has 9 heteroatoms. The summed E-state index contributed by atoms with van der Waals surface area (Å²) in [6.07, 6.45) is 2.77. The van der Waals surface area contributed by atoms with Gasteiger partial charge in [0, 0.05) is 42.2 Å². The molecule has 0 N–H and O–H groups in total. The van der Waals surface area contributed by atoms with Crippen molar-refractivity contribution < 1.29 is 27.1 Å². The van der Waals surface area contributed by atoms with Crippen molar-refractivity contribution in [3.63, 3.8) is 0 Å². The minimum Gasteiger partial charge on any atom is -0.497 e. The summed E-state index contributed by atoms with van der Waals surface area (Å²) in [6.45, 7) is 4.23. The van der Waals surface area contributed by atoms with E-state index in [4.69, 9.17) is 13.9 Å². The molecule has 2 aromatic carbocycles. The standard InChI is InChI=1S/C24H25NO7S/c1-4-25(5-2)33(28,29)20-10-6-17(7-11-20)8-13-23(26)31-16-18-14-24(27)32-22-15-19(30-3)9-12-21(18)22/h6-15H,4-5,16H2,1-3H3. The molecule has 0 unspecified atom stereocenters. The molecule has 0 aliphatic rings. The molecule has 3 aromatic rings. The van der Waals surface area contributed by atoms with Gasteiger partial charge in [-0.25, -0.2) is 18.0 Å².